The number of ether oxygens (including phenoxy) is 3. The molecular formula is C21H20Br2O4. The van der Waals surface area contributed by atoms with E-state index in [0.717, 1.165) is 31.8 Å². The molecule has 1 N–H and O–H groups in total. The van der Waals surface area contributed by atoms with Gasteiger partial charge in [0, 0.05) is 6.07 Å². The van der Waals surface area contributed by atoms with Crippen molar-refractivity contribution in [3.05, 3.63) is 81.2 Å². The van der Waals surface area contributed by atoms with E-state index in [1.54, 1.807) is 32.4 Å². The number of hydrogen-bond donors (Lipinski definition) is 1. The molecule has 0 bridgehead atoms. The molecule has 0 unspecified atom stereocenters. The molecule has 0 amide bonds. The zero-order valence-electron chi connectivity index (χ0n) is 15.0. The lowest BCUT2D eigenvalue weighted by molar-refractivity contribution is 0.302. The molecule has 27 heavy (non-hydrogen) atoms. The maximum absolute atomic E-state index is 8.87. The van der Waals surface area contributed by atoms with Gasteiger partial charge in [-0.3, -0.25) is 0 Å². The van der Waals surface area contributed by atoms with Crippen LogP contribution >= 0.6 is 31.9 Å². The Hall–Kier alpha value is -2.18. The van der Waals surface area contributed by atoms with E-state index in [1.165, 1.54) is 0 Å². The summed E-state index contributed by atoms with van der Waals surface area (Å²) < 4.78 is 17.9. The van der Waals surface area contributed by atoms with E-state index in [9.17, 15) is 0 Å². The summed E-state index contributed by atoms with van der Waals surface area (Å²) in [5.41, 5.74) is 0.993. The first-order chi connectivity index (χ1) is 13.0. The minimum atomic E-state index is 0.285. The number of phenolic OH excluding ortho intramolecular Hbond substituents is 1. The van der Waals surface area contributed by atoms with Crippen LogP contribution in [0.4, 0.5) is 0 Å². The smallest absolute Gasteiger partial charge is 0.133 e. The van der Waals surface area contributed by atoms with Crippen molar-refractivity contribution in [1.82, 2.24) is 0 Å². The summed E-state index contributed by atoms with van der Waals surface area (Å²) in [7, 11) is 3.26. The van der Waals surface area contributed by atoms with Gasteiger partial charge in [-0.15, -0.1) is 0 Å². The van der Waals surface area contributed by atoms with Crippen molar-refractivity contribution in [3.63, 3.8) is 0 Å². The number of halogens is 2. The van der Waals surface area contributed by atoms with E-state index >= 15 is 0 Å². The van der Waals surface area contributed by atoms with Crippen molar-refractivity contribution in [1.29, 1.82) is 0 Å². The molecule has 6 heteroatoms. The molecule has 0 saturated carbocycles. The molecule has 0 atom stereocenters. The minimum absolute atomic E-state index is 0.285. The number of rotatable bonds is 5. The summed E-state index contributed by atoms with van der Waals surface area (Å²) in [6, 6.07) is 20.5. The molecule has 3 aromatic carbocycles. The predicted molar refractivity (Wildman–Crippen MR) is 114 cm³/mol. The third-order valence-corrected chi connectivity index (χ3v) is 4.82. The molecule has 3 aromatic rings. The zero-order valence-corrected chi connectivity index (χ0v) is 18.2. The number of para-hydroxylation sites is 2. The summed E-state index contributed by atoms with van der Waals surface area (Å²) in [6.07, 6.45) is 0. The van der Waals surface area contributed by atoms with E-state index < -0.39 is 0 Å². The second-order valence-corrected chi connectivity index (χ2v) is 7.10. The highest BCUT2D eigenvalue weighted by Gasteiger charge is 2.04. The fourth-order valence-electron chi connectivity index (χ4n) is 2.12. The molecule has 0 saturated heterocycles. The Kier molecular flexibility index (Phi) is 8.48. The van der Waals surface area contributed by atoms with Crippen LogP contribution in [0.15, 0.2) is 75.7 Å². The quantitative estimate of drug-likeness (QED) is 0.457. The normalized spacial score (nSPS) is 9.78. The van der Waals surface area contributed by atoms with Gasteiger partial charge in [-0.25, -0.2) is 0 Å². The largest absolute Gasteiger partial charge is 0.507 e. The van der Waals surface area contributed by atoms with Gasteiger partial charge in [-0.2, -0.15) is 0 Å². The van der Waals surface area contributed by atoms with Gasteiger partial charge in [0.25, 0.3) is 0 Å². The number of benzene rings is 3. The van der Waals surface area contributed by atoms with Crippen LogP contribution < -0.4 is 14.2 Å². The first kappa shape index (κ1) is 21.1. The Bertz CT molecular complexity index is 825. The standard InChI is InChI=1S/C15H15BrO3.C6H5BrO/c1-17-12-7-11(8-13(9-12)18-2)10-19-15-6-4-3-5-14(15)16;7-5-3-1-2-4-6(5)8/h3-9H,10H2,1-2H3;1-4,8H. The summed E-state index contributed by atoms with van der Waals surface area (Å²) in [5.74, 6) is 2.60. The first-order valence-electron chi connectivity index (χ1n) is 8.06. The average Bonchev–Trinajstić information content (AvgIpc) is 2.70. The monoisotopic (exact) mass is 494 g/mol. The Morgan fingerprint density at radius 2 is 1.33 bits per heavy atom. The summed E-state index contributed by atoms with van der Waals surface area (Å²) in [6.45, 7) is 0.455. The first-order valence-corrected chi connectivity index (χ1v) is 9.65. The lowest BCUT2D eigenvalue weighted by atomic mass is 10.2. The van der Waals surface area contributed by atoms with Gasteiger partial charge in [-0.1, -0.05) is 24.3 Å². The Morgan fingerprint density at radius 1 is 0.778 bits per heavy atom. The molecule has 0 aliphatic heterocycles. The van der Waals surface area contributed by atoms with Crippen molar-refractivity contribution in [3.8, 4) is 23.0 Å². The highest BCUT2D eigenvalue weighted by Crippen LogP contribution is 2.27. The summed E-state index contributed by atoms with van der Waals surface area (Å²) >= 11 is 6.60. The fourth-order valence-corrected chi connectivity index (χ4v) is 2.81. The lowest BCUT2D eigenvalue weighted by Gasteiger charge is -2.11. The highest BCUT2D eigenvalue weighted by molar-refractivity contribution is 9.10. The van der Waals surface area contributed by atoms with Crippen molar-refractivity contribution >= 4 is 31.9 Å². The summed E-state index contributed by atoms with van der Waals surface area (Å²) in [5, 5.41) is 8.87. The van der Waals surface area contributed by atoms with Gasteiger partial charge in [0.2, 0.25) is 0 Å². The van der Waals surface area contributed by atoms with Crippen molar-refractivity contribution in [2.24, 2.45) is 0 Å². The van der Waals surface area contributed by atoms with Crippen LogP contribution in [-0.4, -0.2) is 19.3 Å². The van der Waals surface area contributed by atoms with Crippen LogP contribution in [0.25, 0.3) is 0 Å². The molecule has 0 spiro atoms. The molecule has 3 rings (SSSR count). The van der Waals surface area contributed by atoms with Crippen LogP contribution in [-0.2, 0) is 6.61 Å². The van der Waals surface area contributed by atoms with Gasteiger partial charge in [0.05, 0.1) is 23.2 Å². The molecule has 4 nitrogen and oxygen atoms in total. The van der Waals surface area contributed by atoms with Crippen LogP contribution in [0.3, 0.4) is 0 Å². The van der Waals surface area contributed by atoms with Gasteiger partial charge in [-0.05, 0) is 73.8 Å². The van der Waals surface area contributed by atoms with E-state index in [0.29, 0.717) is 6.61 Å². The maximum atomic E-state index is 8.87. The third-order valence-electron chi connectivity index (χ3n) is 3.49. The molecule has 0 heterocycles. The lowest BCUT2D eigenvalue weighted by Crippen LogP contribution is -1.98. The van der Waals surface area contributed by atoms with E-state index in [4.69, 9.17) is 19.3 Å². The van der Waals surface area contributed by atoms with Gasteiger partial charge in [0.1, 0.15) is 29.6 Å². The second-order valence-electron chi connectivity index (χ2n) is 5.39. The van der Waals surface area contributed by atoms with Crippen LogP contribution in [0.1, 0.15) is 5.56 Å². The van der Waals surface area contributed by atoms with Crippen molar-refractivity contribution < 1.29 is 19.3 Å². The second kappa shape index (κ2) is 10.8. The molecule has 142 valence electrons. The Morgan fingerprint density at radius 3 is 1.81 bits per heavy atom. The van der Waals surface area contributed by atoms with Crippen molar-refractivity contribution in [2.45, 2.75) is 6.61 Å². The number of aromatic hydroxyl groups is 1. The predicted octanol–water partition coefficient (Wildman–Crippen LogP) is 6.20. The zero-order chi connectivity index (χ0) is 19.6. The number of methoxy groups -OCH3 is 2. The van der Waals surface area contributed by atoms with E-state index in [1.807, 2.05) is 48.5 Å². The highest BCUT2D eigenvalue weighted by atomic mass is 79.9. The van der Waals surface area contributed by atoms with Crippen molar-refractivity contribution in [2.75, 3.05) is 14.2 Å². The molecule has 0 aliphatic carbocycles. The SMILES string of the molecule is COc1cc(COc2ccccc2Br)cc(OC)c1.Oc1ccccc1Br. The number of hydrogen-bond acceptors (Lipinski definition) is 4. The van der Waals surface area contributed by atoms with Gasteiger partial charge < -0.3 is 19.3 Å². The third kappa shape index (κ3) is 6.81. The number of phenols is 1. The Labute approximate surface area is 176 Å². The molecule has 0 fully saturated rings. The average molecular weight is 496 g/mol. The maximum Gasteiger partial charge on any atom is 0.133 e. The van der Waals surface area contributed by atoms with Crippen LogP contribution in [0.5, 0.6) is 23.0 Å². The summed E-state index contributed by atoms with van der Waals surface area (Å²) in [4.78, 5) is 0. The molecule has 0 aromatic heterocycles. The minimum Gasteiger partial charge on any atom is -0.507 e. The molecular weight excluding hydrogens is 476 g/mol. The van der Waals surface area contributed by atoms with Crippen LogP contribution in [0.2, 0.25) is 0 Å². The van der Waals surface area contributed by atoms with Gasteiger partial charge >= 0.3 is 0 Å². The molecule has 0 aliphatic rings. The Balaban J connectivity index is 0.000000273. The van der Waals surface area contributed by atoms with E-state index in [2.05, 4.69) is 31.9 Å². The molecule has 0 radical (unpaired) electrons. The van der Waals surface area contributed by atoms with Gasteiger partial charge in [0.15, 0.2) is 0 Å². The topological polar surface area (TPSA) is 47.9 Å². The van der Waals surface area contributed by atoms with E-state index in [-0.39, 0.29) is 5.75 Å². The van der Waals surface area contributed by atoms with Crippen LogP contribution in [0, 0.1) is 0 Å². The fraction of sp³-hybridized carbons (Fsp3) is 0.143.